The maximum Gasteiger partial charge on any atom is 0.324 e. The number of imide groups is 1. The highest BCUT2D eigenvalue weighted by Gasteiger charge is 2.60. The lowest BCUT2D eigenvalue weighted by molar-refractivity contribution is -0.124. The van der Waals surface area contributed by atoms with E-state index in [0.29, 0.717) is 12.1 Å². The molecule has 0 bridgehead atoms. The SMILES string of the molecule is CCC1(c2ccccc2)C(=O)N(c2ccccc2)C(=O)N1[Si](C)(C)C. The first kappa shape index (κ1) is 17.4. The topological polar surface area (TPSA) is 40.6 Å². The zero-order valence-corrected chi connectivity index (χ0v) is 16.2. The van der Waals surface area contributed by atoms with Crippen LogP contribution < -0.4 is 4.90 Å². The molecule has 1 aliphatic rings. The van der Waals surface area contributed by atoms with Crippen LogP contribution in [0, 0.1) is 0 Å². The van der Waals surface area contributed by atoms with E-state index in [1.165, 1.54) is 4.90 Å². The van der Waals surface area contributed by atoms with Crippen LogP contribution in [0.5, 0.6) is 0 Å². The quantitative estimate of drug-likeness (QED) is 0.596. The number of para-hydroxylation sites is 1. The molecule has 1 atom stereocenters. The van der Waals surface area contributed by atoms with E-state index >= 15 is 0 Å². The molecule has 1 unspecified atom stereocenters. The Morgan fingerprint density at radius 2 is 1.40 bits per heavy atom. The van der Waals surface area contributed by atoms with Gasteiger partial charge in [-0.1, -0.05) is 75.1 Å². The molecule has 0 N–H and O–H groups in total. The molecule has 4 nitrogen and oxygen atoms in total. The summed E-state index contributed by atoms with van der Waals surface area (Å²) in [5.74, 6) is -0.153. The van der Waals surface area contributed by atoms with E-state index in [9.17, 15) is 9.59 Å². The molecule has 0 aromatic heterocycles. The summed E-state index contributed by atoms with van der Waals surface area (Å²) in [4.78, 5) is 28.3. The monoisotopic (exact) mass is 352 g/mol. The van der Waals surface area contributed by atoms with Crippen molar-refractivity contribution in [3.63, 3.8) is 0 Å². The average molecular weight is 353 g/mol. The highest BCUT2D eigenvalue weighted by molar-refractivity contribution is 6.76. The Hall–Kier alpha value is -2.40. The number of urea groups is 1. The Bertz CT molecular complexity index is 786. The molecular formula is C20H24N2O2Si. The van der Waals surface area contributed by atoms with Gasteiger partial charge in [0, 0.05) is 0 Å². The van der Waals surface area contributed by atoms with Crippen molar-refractivity contribution in [3.05, 3.63) is 66.2 Å². The van der Waals surface area contributed by atoms with Gasteiger partial charge in [-0.2, -0.15) is 0 Å². The summed E-state index contributed by atoms with van der Waals surface area (Å²) in [5.41, 5.74) is 0.585. The lowest BCUT2D eigenvalue weighted by Gasteiger charge is -2.42. The van der Waals surface area contributed by atoms with Gasteiger partial charge < -0.3 is 4.57 Å². The van der Waals surface area contributed by atoms with Crippen LogP contribution in [0.15, 0.2) is 60.7 Å². The molecule has 2 aromatic carbocycles. The molecule has 0 spiro atoms. The molecule has 0 saturated carbocycles. The van der Waals surface area contributed by atoms with Gasteiger partial charge in [0.2, 0.25) is 0 Å². The summed E-state index contributed by atoms with van der Waals surface area (Å²) in [7, 11) is -2.12. The second kappa shape index (κ2) is 6.15. The highest BCUT2D eigenvalue weighted by Crippen LogP contribution is 2.44. The number of amides is 3. The predicted octanol–water partition coefficient (Wildman–Crippen LogP) is 4.60. The third-order valence-electron chi connectivity index (χ3n) is 4.77. The Balaban J connectivity index is 2.25. The maximum absolute atomic E-state index is 13.6. The predicted molar refractivity (Wildman–Crippen MR) is 103 cm³/mol. The van der Waals surface area contributed by atoms with Crippen molar-refractivity contribution >= 4 is 25.9 Å². The van der Waals surface area contributed by atoms with E-state index < -0.39 is 13.8 Å². The molecule has 1 fully saturated rings. The first-order valence-electron chi connectivity index (χ1n) is 8.63. The van der Waals surface area contributed by atoms with E-state index in [4.69, 9.17) is 0 Å². The van der Waals surface area contributed by atoms with Crippen LogP contribution >= 0.6 is 0 Å². The number of nitrogens with zero attached hydrogens (tertiary/aromatic N) is 2. The van der Waals surface area contributed by atoms with Gasteiger partial charge in [0.1, 0.15) is 5.54 Å². The molecule has 25 heavy (non-hydrogen) atoms. The third kappa shape index (κ3) is 2.59. The van der Waals surface area contributed by atoms with Crippen molar-refractivity contribution in [2.45, 2.75) is 38.5 Å². The van der Waals surface area contributed by atoms with E-state index in [-0.39, 0.29) is 11.9 Å². The summed E-state index contributed by atoms with van der Waals surface area (Å²) in [6.07, 6.45) is 0.551. The smallest absolute Gasteiger partial charge is 0.324 e. The van der Waals surface area contributed by atoms with Gasteiger partial charge in [0.25, 0.3) is 5.91 Å². The molecular weight excluding hydrogens is 328 g/mol. The summed E-state index contributed by atoms with van der Waals surface area (Å²) in [5, 5.41) is 0. The van der Waals surface area contributed by atoms with Crippen molar-refractivity contribution in [3.8, 4) is 0 Å². The van der Waals surface area contributed by atoms with Crippen LogP contribution in [-0.2, 0) is 10.3 Å². The standard InChI is InChI=1S/C20H24N2O2Si/c1-5-20(16-12-8-6-9-13-16)18(23)21(17-14-10-7-11-15-17)19(24)22(20)25(2,3)4/h6-15H,5H2,1-4H3. The van der Waals surface area contributed by atoms with Crippen molar-refractivity contribution in [1.29, 1.82) is 0 Å². The average Bonchev–Trinajstić information content (AvgIpc) is 2.84. The molecule has 130 valence electrons. The van der Waals surface area contributed by atoms with Gasteiger partial charge in [-0.15, -0.1) is 0 Å². The van der Waals surface area contributed by atoms with Crippen LogP contribution in [0.1, 0.15) is 18.9 Å². The Morgan fingerprint density at radius 1 is 0.880 bits per heavy atom. The highest BCUT2D eigenvalue weighted by atomic mass is 28.3. The fraction of sp³-hybridized carbons (Fsp3) is 0.300. The van der Waals surface area contributed by atoms with Crippen LogP contribution in [0.3, 0.4) is 0 Å². The lowest BCUT2D eigenvalue weighted by Crippen LogP contribution is -2.58. The van der Waals surface area contributed by atoms with Crippen LogP contribution in [-0.4, -0.2) is 24.7 Å². The fourth-order valence-corrected chi connectivity index (χ4v) is 5.98. The third-order valence-corrected chi connectivity index (χ3v) is 6.68. The molecule has 1 heterocycles. The Labute approximate surface area is 150 Å². The molecule has 1 saturated heterocycles. The second-order valence-electron chi connectivity index (χ2n) is 7.34. The van der Waals surface area contributed by atoms with Crippen molar-refractivity contribution in [2.75, 3.05) is 4.90 Å². The minimum atomic E-state index is -2.12. The van der Waals surface area contributed by atoms with Gasteiger partial charge in [-0.3, -0.25) is 4.79 Å². The minimum Gasteiger partial charge on any atom is -0.334 e. The summed E-state index contributed by atoms with van der Waals surface area (Å²) in [6.45, 7) is 8.32. The summed E-state index contributed by atoms with van der Waals surface area (Å²) >= 11 is 0. The molecule has 0 aliphatic carbocycles. The number of carbonyl (C=O) groups excluding carboxylic acids is 2. The normalized spacial score (nSPS) is 21.1. The first-order chi connectivity index (χ1) is 11.8. The van der Waals surface area contributed by atoms with E-state index in [1.54, 1.807) is 0 Å². The second-order valence-corrected chi connectivity index (χ2v) is 12.1. The molecule has 2 aromatic rings. The zero-order valence-electron chi connectivity index (χ0n) is 15.2. The van der Waals surface area contributed by atoms with Crippen molar-refractivity contribution in [1.82, 2.24) is 4.57 Å². The van der Waals surface area contributed by atoms with Crippen LogP contribution in [0.25, 0.3) is 0 Å². The Morgan fingerprint density at radius 3 is 1.88 bits per heavy atom. The van der Waals surface area contributed by atoms with E-state index in [2.05, 4.69) is 19.6 Å². The molecule has 5 heteroatoms. The fourth-order valence-electron chi connectivity index (χ4n) is 3.77. The molecule has 1 aliphatic heterocycles. The largest absolute Gasteiger partial charge is 0.334 e. The van der Waals surface area contributed by atoms with Crippen molar-refractivity contribution in [2.24, 2.45) is 0 Å². The van der Waals surface area contributed by atoms with E-state index in [0.717, 1.165) is 5.56 Å². The van der Waals surface area contributed by atoms with Crippen LogP contribution in [0.4, 0.5) is 10.5 Å². The molecule has 3 amide bonds. The minimum absolute atomic E-state index is 0.153. The van der Waals surface area contributed by atoms with Gasteiger partial charge in [-0.25, -0.2) is 9.69 Å². The number of hydrogen-bond acceptors (Lipinski definition) is 2. The molecule has 3 rings (SSSR count). The summed E-state index contributed by atoms with van der Waals surface area (Å²) < 4.78 is 1.88. The summed E-state index contributed by atoms with van der Waals surface area (Å²) in [6, 6.07) is 18.7. The zero-order chi connectivity index (χ0) is 18.2. The van der Waals surface area contributed by atoms with Gasteiger partial charge in [0.05, 0.1) is 5.69 Å². The van der Waals surface area contributed by atoms with Gasteiger partial charge >= 0.3 is 6.03 Å². The number of rotatable bonds is 4. The number of anilines is 1. The molecule has 0 radical (unpaired) electrons. The van der Waals surface area contributed by atoms with Gasteiger partial charge in [0.15, 0.2) is 8.24 Å². The van der Waals surface area contributed by atoms with Gasteiger partial charge in [-0.05, 0) is 24.1 Å². The first-order valence-corrected chi connectivity index (χ1v) is 12.1. The number of hydrogen-bond donors (Lipinski definition) is 0. The van der Waals surface area contributed by atoms with Crippen molar-refractivity contribution < 1.29 is 9.59 Å². The number of carbonyl (C=O) groups is 2. The van der Waals surface area contributed by atoms with Crippen LogP contribution in [0.2, 0.25) is 19.6 Å². The Kier molecular flexibility index (Phi) is 4.29. The van der Waals surface area contributed by atoms with E-state index in [1.807, 2.05) is 72.2 Å². The maximum atomic E-state index is 13.6. The number of benzene rings is 2. The lowest BCUT2D eigenvalue weighted by atomic mass is 9.87.